The summed E-state index contributed by atoms with van der Waals surface area (Å²) in [5, 5.41) is 12.4. The average Bonchev–Trinajstić information content (AvgIpc) is 2.62. The second-order valence-electron chi connectivity index (χ2n) is 6.35. The molecule has 0 heterocycles. The predicted octanol–water partition coefficient (Wildman–Crippen LogP) is 2.40. The average molecular weight is 360 g/mol. The largest absolute Gasteiger partial charge is 0.481 e. The molecule has 1 aromatic carbocycles. The van der Waals surface area contributed by atoms with Crippen molar-refractivity contribution in [3.63, 3.8) is 0 Å². The van der Waals surface area contributed by atoms with E-state index in [0.717, 1.165) is 6.42 Å². The van der Waals surface area contributed by atoms with Crippen molar-refractivity contribution in [2.45, 2.75) is 51.7 Å². The zero-order valence-corrected chi connectivity index (χ0v) is 15.4. The first-order chi connectivity index (χ1) is 12.0. The summed E-state index contributed by atoms with van der Waals surface area (Å²) >= 11 is 5.24. The van der Waals surface area contributed by atoms with Gasteiger partial charge in [-0.25, -0.2) is 0 Å². The molecule has 6 nitrogen and oxygen atoms in total. The van der Waals surface area contributed by atoms with Crippen LogP contribution in [-0.4, -0.2) is 23.2 Å². The first-order valence-electron chi connectivity index (χ1n) is 8.52. The second kappa shape index (κ2) is 9.23. The number of nitrogens with one attached hydrogen (secondary N) is 3. The number of hydrogen-bond acceptors (Lipinski definition) is 4. The van der Waals surface area contributed by atoms with E-state index in [1.807, 2.05) is 6.07 Å². The Balaban J connectivity index is 1.74. The van der Waals surface area contributed by atoms with Gasteiger partial charge < -0.3 is 10.1 Å². The van der Waals surface area contributed by atoms with E-state index in [9.17, 15) is 4.79 Å². The van der Waals surface area contributed by atoms with E-state index in [1.54, 1.807) is 31.2 Å². The number of hydrazine groups is 1. The maximum Gasteiger partial charge on any atom is 0.279 e. The molecule has 1 aliphatic carbocycles. The Bertz CT molecular complexity index is 641. The monoisotopic (exact) mass is 360 g/mol. The Morgan fingerprint density at radius 1 is 1.28 bits per heavy atom. The molecule has 3 N–H and O–H groups in total. The van der Waals surface area contributed by atoms with E-state index in [2.05, 4.69) is 23.1 Å². The van der Waals surface area contributed by atoms with E-state index >= 15 is 0 Å². The summed E-state index contributed by atoms with van der Waals surface area (Å²) in [6, 6.07) is 8.98. The number of nitrogens with zero attached hydrogens (tertiary/aromatic N) is 1. The summed E-state index contributed by atoms with van der Waals surface area (Å²) in [4.78, 5) is 12.1. The Labute approximate surface area is 153 Å². The highest BCUT2D eigenvalue weighted by Crippen LogP contribution is 2.23. The number of thiocarbonyl (C=S) groups is 1. The third-order valence-electron chi connectivity index (χ3n) is 4.39. The zero-order valence-electron chi connectivity index (χ0n) is 14.5. The van der Waals surface area contributed by atoms with Gasteiger partial charge in [0.15, 0.2) is 11.2 Å². The molecule has 1 aromatic rings. The molecule has 1 aliphatic rings. The minimum Gasteiger partial charge on any atom is -0.481 e. The molecular weight excluding hydrogens is 336 g/mol. The Morgan fingerprint density at radius 2 is 1.96 bits per heavy atom. The summed E-state index contributed by atoms with van der Waals surface area (Å²) < 4.78 is 5.55. The molecule has 25 heavy (non-hydrogen) atoms. The molecule has 0 spiro atoms. The van der Waals surface area contributed by atoms with E-state index in [-0.39, 0.29) is 5.91 Å². The molecule has 1 fully saturated rings. The third-order valence-corrected chi connectivity index (χ3v) is 4.61. The van der Waals surface area contributed by atoms with Crippen LogP contribution >= 0.6 is 12.2 Å². The molecule has 1 saturated carbocycles. The quantitative estimate of drug-likeness (QED) is 0.565. The fraction of sp³-hybridized carbons (Fsp3) is 0.500. The molecule has 0 aromatic heterocycles. The normalized spacial score (nSPS) is 20.7. The molecule has 1 amide bonds. The van der Waals surface area contributed by atoms with Crippen molar-refractivity contribution in [2.24, 2.45) is 5.92 Å². The van der Waals surface area contributed by atoms with Gasteiger partial charge in [-0.1, -0.05) is 19.8 Å². The van der Waals surface area contributed by atoms with E-state index in [4.69, 9.17) is 22.2 Å². The van der Waals surface area contributed by atoms with Gasteiger partial charge in [0.25, 0.3) is 5.91 Å². The summed E-state index contributed by atoms with van der Waals surface area (Å²) in [6.45, 7) is 3.86. The first kappa shape index (κ1) is 19.0. The minimum absolute atomic E-state index is 0.329. The molecule has 2 rings (SSSR count). The molecule has 134 valence electrons. The van der Waals surface area contributed by atoms with Crippen molar-refractivity contribution < 1.29 is 9.53 Å². The van der Waals surface area contributed by atoms with Crippen molar-refractivity contribution in [1.29, 1.82) is 5.26 Å². The van der Waals surface area contributed by atoms with Crippen LogP contribution in [0.4, 0.5) is 0 Å². The lowest BCUT2D eigenvalue weighted by Gasteiger charge is -2.30. The number of nitriles is 1. The zero-order chi connectivity index (χ0) is 18.2. The van der Waals surface area contributed by atoms with Crippen LogP contribution in [0.3, 0.4) is 0 Å². The lowest BCUT2D eigenvalue weighted by atomic mass is 9.86. The minimum atomic E-state index is -0.697. The van der Waals surface area contributed by atoms with Gasteiger partial charge in [-0.05, 0) is 62.2 Å². The maximum atomic E-state index is 12.1. The summed E-state index contributed by atoms with van der Waals surface area (Å²) in [5.41, 5.74) is 5.83. The van der Waals surface area contributed by atoms with Crippen LogP contribution in [0.15, 0.2) is 24.3 Å². The lowest BCUT2D eigenvalue weighted by Crippen LogP contribution is -2.53. The van der Waals surface area contributed by atoms with Crippen molar-refractivity contribution in [1.82, 2.24) is 16.2 Å². The smallest absolute Gasteiger partial charge is 0.279 e. The predicted molar refractivity (Wildman–Crippen MR) is 99.7 cm³/mol. The summed E-state index contributed by atoms with van der Waals surface area (Å²) in [7, 11) is 0. The fourth-order valence-corrected chi connectivity index (χ4v) is 3.02. The molecule has 7 heteroatoms. The van der Waals surface area contributed by atoms with Gasteiger partial charge in [-0.15, -0.1) is 0 Å². The van der Waals surface area contributed by atoms with E-state index < -0.39 is 6.10 Å². The molecule has 3 atom stereocenters. The van der Waals surface area contributed by atoms with Gasteiger partial charge in [-0.2, -0.15) is 5.26 Å². The lowest BCUT2D eigenvalue weighted by molar-refractivity contribution is -0.127. The molecule has 0 aliphatic heterocycles. The number of hydrogen-bond donors (Lipinski definition) is 3. The SMILES string of the molecule is C[C@@H]1CCCC[C@H]1NC(=S)NNC(=O)[C@@H](C)Oc1ccc(C#N)cc1. The number of benzene rings is 1. The van der Waals surface area contributed by atoms with E-state index in [0.29, 0.717) is 28.4 Å². The van der Waals surface area contributed by atoms with Crippen LogP contribution in [0.1, 0.15) is 45.1 Å². The van der Waals surface area contributed by atoms with Crippen molar-refractivity contribution in [3.05, 3.63) is 29.8 Å². The molecule has 0 saturated heterocycles. The summed E-state index contributed by atoms with van der Waals surface area (Å²) in [5.74, 6) is 0.770. The summed E-state index contributed by atoms with van der Waals surface area (Å²) in [6.07, 6.45) is 4.06. The van der Waals surface area contributed by atoms with Gasteiger partial charge in [0.1, 0.15) is 5.75 Å². The second-order valence-corrected chi connectivity index (χ2v) is 6.76. The topological polar surface area (TPSA) is 86.2 Å². The Kier molecular flexibility index (Phi) is 7.02. The van der Waals surface area contributed by atoms with Gasteiger partial charge in [0, 0.05) is 6.04 Å². The van der Waals surface area contributed by atoms with Gasteiger partial charge >= 0.3 is 0 Å². The molecular formula is C18H24N4O2S. The highest BCUT2D eigenvalue weighted by Gasteiger charge is 2.22. The number of amides is 1. The van der Waals surface area contributed by atoms with Crippen LogP contribution in [0.2, 0.25) is 0 Å². The third kappa shape index (κ3) is 5.91. The van der Waals surface area contributed by atoms with Crippen LogP contribution < -0.4 is 20.9 Å². The molecule has 0 radical (unpaired) electrons. The van der Waals surface area contributed by atoms with Gasteiger partial charge in [-0.3, -0.25) is 15.6 Å². The van der Waals surface area contributed by atoms with Gasteiger partial charge in [0.05, 0.1) is 11.6 Å². The fourth-order valence-electron chi connectivity index (χ4n) is 2.82. The van der Waals surface area contributed by atoms with E-state index in [1.165, 1.54) is 19.3 Å². The number of rotatable bonds is 4. The van der Waals surface area contributed by atoms with Crippen LogP contribution in [0.25, 0.3) is 0 Å². The van der Waals surface area contributed by atoms with Crippen LogP contribution in [-0.2, 0) is 4.79 Å². The van der Waals surface area contributed by atoms with Crippen molar-refractivity contribution in [2.75, 3.05) is 0 Å². The van der Waals surface area contributed by atoms with Gasteiger partial charge in [0.2, 0.25) is 0 Å². The number of carbonyl (C=O) groups is 1. The molecule has 0 bridgehead atoms. The Morgan fingerprint density at radius 3 is 2.60 bits per heavy atom. The number of ether oxygens (including phenoxy) is 1. The first-order valence-corrected chi connectivity index (χ1v) is 8.93. The van der Waals surface area contributed by atoms with Crippen molar-refractivity contribution in [3.8, 4) is 11.8 Å². The molecule has 0 unspecified atom stereocenters. The van der Waals surface area contributed by atoms with Crippen molar-refractivity contribution >= 4 is 23.2 Å². The standard InChI is InChI=1S/C18H24N4O2S/c1-12-5-3-4-6-16(12)20-18(25)22-21-17(23)13(2)24-15-9-7-14(11-19)8-10-15/h7-10,12-13,16H,3-6H2,1-2H3,(H,21,23)(H2,20,22,25)/t12-,13-,16-/m1/s1. The van der Waals surface area contributed by atoms with Crippen LogP contribution in [0, 0.1) is 17.2 Å². The highest BCUT2D eigenvalue weighted by molar-refractivity contribution is 7.80. The Hall–Kier alpha value is -2.33. The maximum absolute atomic E-state index is 12.1. The van der Waals surface area contributed by atoms with Crippen LogP contribution in [0.5, 0.6) is 5.75 Å². The highest BCUT2D eigenvalue weighted by atomic mass is 32.1. The number of carbonyl (C=O) groups excluding carboxylic acids is 1.